The van der Waals surface area contributed by atoms with E-state index in [1.54, 1.807) is 16.8 Å². The summed E-state index contributed by atoms with van der Waals surface area (Å²) in [7, 11) is 0. The average Bonchev–Trinajstić information content (AvgIpc) is 3.00. The third-order valence-electron chi connectivity index (χ3n) is 3.78. The first-order valence-corrected chi connectivity index (χ1v) is 9.22. The Morgan fingerprint density at radius 1 is 1.19 bits per heavy atom. The molecule has 5 nitrogen and oxygen atoms in total. The molecule has 3 aromatic rings. The van der Waals surface area contributed by atoms with Crippen molar-refractivity contribution >= 4 is 23.5 Å². The van der Waals surface area contributed by atoms with Crippen LogP contribution < -0.4 is 5.32 Å². The number of rotatable bonds is 5. The third-order valence-corrected chi connectivity index (χ3v) is 4.72. The number of anilines is 1. The first kappa shape index (κ1) is 17.8. The number of nitriles is 1. The van der Waals surface area contributed by atoms with Gasteiger partial charge in [0.05, 0.1) is 5.69 Å². The van der Waals surface area contributed by atoms with Crippen LogP contribution in [0.3, 0.4) is 0 Å². The highest BCUT2D eigenvalue weighted by Crippen LogP contribution is 2.30. The van der Waals surface area contributed by atoms with Crippen molar-refractivity contribution in [1.29, 1.82) is 5.26 Å². The zero-order chi connectivity index (χ0) is 18.5. The number of amides is 1. The van der Waals surface area contributed by atoms with Gasteiger partial charge in [-0.1, -0.05) is 42.8 Å². The SMILES string of the molecule is CCSc1c(C#N)c(NC(=O)c2ccc(C)cc2)nn1-c1ccccc1. The number of aromatic nitrogens is 2. The summed E-state index contributed by atoms with van der Waals surface area (Å²) in [6.45, 7) is 3.98. The van der Waals surface area contributed by atoms with E-state index in [2.05, 4.69) is 16.5 Å². The Labute approximate surface area is 156 Å². The summed E-state index contributed by atoms with van der Waals surface area (Å²) in [5.74, 6) is 0.781. The van der Waals surface area contributed by atoms with E-state index in [4.69, 9.17) is 0 Å². The lowest BCUT2D eigenvalue weighted by Gasteiger charge is -2.05. The normalized spacial score (nSPS) is 10.3. The van der Waals surface area contributed by atoms with Gasteiger partial charge in [0.2, 0.25) is 0 Å². The molecule has 3 rings (SSSR count). The minimum Gasteiger partial charge on any atom is -0.304 e. The van der Waals surface area contributed by atoms with Gasteiger partial charge < -0.3 is 5.32 Å². The lowest BCUT2D eigenvalue weighted by Crippen LogP contribution is -2.13. The smallest absolute Gasteiger partial charge is 0.256 e. The van der Waals surface area contributed by atoms with Gasteiger partial charge in [-0.2, -0.15) is 5.26 Å². The molecule has 0 saturated carbocycles. The van der Waals surface area contributed by atoms with Crippen LogP contribution in [0.4, 0.5) is 5.82 Å². The van der Waals surface area contributed by atoms with E-state index >= 15 is 0 Å². The summed E-state index contributed by atoms with van der Waals surface area (Å²) < 4.78 is 1.71. The van der Waals surface area contributed by atoms with Crippen molar-refractivity contribution < 1.29 is 4.79 Å². The van der Waals surface area contributed by atoms with Crippen LogP contribution in [0.25, 0.3) is 5.69 Å². The molecule has 0 radical (unpaired) electrons. The molecule has 0 saturated heterocycles. The summed E-state index contributed by atoms with van der Waals surface area (Å²) in [5.41, 5.74) is 2.82. The second-order valence-corrected chi connectivity index (χ2v) is 6.89. The maximum Gasteiger partial charge on any atom is 0.256 e. The van der Waals surface area contributed by atoms with Crippen LogP contribution in [-0.4, -0.2) is 21.4 Å². The van der Waals surface area contributed by atoms with Gasteiger partial charge in [-0.3, -0.25) is 4.79 Å². The Morgan fingerprint density at radius 3 is 2.50 bits per heavy atom. The summed E-state index contributed by atoms with van der Waals surface area (Å²) in [6.07, 6.45) is 0. The first-order valence-electron chi connectivity index (χ1n) is 8.23. The molecular weight excluding hydrogens is 344 g/mol. The number of nitrogens with zero attached hydrogens (tertiary/aromatic N) is 3. The lowest BCUT2D eigenvalue weighted by molar-refractivity contribution is 0.102. The second kappa shape index (κ2) is 7.89. The number of carbonyl (C=O) groups excluding carboxylic acids is 1. The largest absolute Gasteiger partial charge is 0.304 e. The fourth-order valence-electron chi connectivity index (χ4n) is 2.49. The van der Waals surface area contributed by atoms with Crippen LogP contribution in [-0.2, 0) is 0 Å². The standard InChI is InChI=1S/C20H18N4OS/c1-3-26-20-17(13-21)18(23-24(20)16-7-5-4-6-8-16)22-19(25)15-11-9-14(2)10-12-15/h4-12H,3H2,1-2H3,(H,22,23,25). The molecule has 0 aliphatic heterocycles. The third kappa shape index (κ3) is 3.63. The maximum absolute atomic E-state index is 12.5. The molecule has 0 aliphatic carbocycles. The molecule has 0 atom stereocenters. The molecule has 6 heteroatoms. The highest BCUT2D eigenvalue weighted by atomic mass is 32.2. The Kier molecular flexibility index (Phi) is 5.40. The van der Waals surface area contributed by atoms with Crippen molar-refractivity contribution in [2.75, 3.05) is 11.1 Å². The fourth-order valence-corrected chi connectivity index (χ4v) is 3.32. The predicted octanol–water partition coefficient (Wildman–Crippen LogP) is 4.42. The van der Waals surface area contributed by atoms with Crippen molar-refractivity contribution in [3.05, 3.63) is 71.3 Å². The van der Waals surface area contributed by atoms with Crippen molar-refractivity contribution in [1.82, 2.24) is 9.78 Å². The van der Waals surface area contributed by atoms with Crippen LogP contribution >= 0.6 is 11.8 Å². The average molecular weight is 362 g/mol. The number of hydrogen-bond donors (Lipinski definition) is 1. The zero-order valence-electron chi connectivity index (χ0n) is 14.6. The van der Waals surface area contributed by atoms with Crippen molar-refractivity contribution in [3.8, 4) is 11.8 Å². The summed E-state index contributed by atoms with van der Waals surface area (Å²) in [6, 6.07) is 19.0. The van der Waals surface area contributed by atoms with Crippen molar-refractivity contribution in [2.24, 2.45) is 0 Å². The van der Waals surface area contributed by atoms with Crippen molar-refractivity contribution in [2.45, 2.75) is 18.9 Å². The van der Waals surface area contributed by atoms with Gasteiger partial charge >= 0.3 is 0 Å². The molecule has 1 aromatic heterocycles. The number of aryl methyl sites for hydroxylation is 1. The summed E-state index contributed by atoms with van der Waals surface area (Å²) >= 11 is 1.52. The predicted molar refractivity (Wildman–Crippen MR) is 104 cm³/mol. The van der Waals surface area contributed by atoms with Gasteiger partial charge in [-0.25, -0.2) is 4.68 Å². The zero-order valence-corrected chi connectivity index (χ0v) is 15.4. The van der Waals surface area contributed by atoms with E-state index in [1.807, 2.05) is 56.3 Å². The first-order chi connectivity index (χ1) is 12.6. The number of benzene rings is 2. The number of carbonyl (C=O) groups is 1. The minimum atomic E-state index is -0.285. The molecule has 0 aliphatic rings. The van der Waals surface area contributed by atoms with E-state index in [9.17, 15) is 10.1 Å². The molecule has 0 unspecified atom stereocenters. The summed E-state index contributed by atoms with van der Waals surface area (Å²) in [5, 5.41) is 17.6. The van der Waals surface area contributed by atoms with Gasteiger partial charge in [0, 0.05) is 5.56 Å². The van der Waals surface area contributed by atoms with Gasteiger partial charge in [0.25, 0.3) is 5.91 Å². The molecule has 1 N–H and O–H groups in total. The molecule has 1 amide bonds. The Balaban J connectivity index is 2.00. The lowest BCUT2D eigenvalue weighted by atomic mass is 10.1. The van der Waals surface area contributed by atoms with E-state index < -0.39 is 0 Å². The van der Waals surface area contributed by atoms with Crippen LogP contribution in [0.2, 0.25) is 0 Å². The van der Waals surface area contributed by atoms with E-state index in [0.717, 1.165) is 22.0 Å². The molecule has 0 fully saturated rings. The quantitative estimate of drug-likeness (QED) is 0.682. The molecule has 0 spiro atoms. The van der Waals surface area contributed by atoms with Crippen LogP contribution in [0.1, 0.15) is 28.4 Å². The van der Waals surface area contributed by atoms with Crippen LogP contribution in [0, 0.1) is 18.3 Å². The van der Waals surface area contributed by atoms with Gasteiger partial charge in [-0.15, -0.1) is 16.9 Å². The topological polar surface area (TPSA) is 70.7 Å². The van der Waals surface area contributed by atoms with E-state index in [-0.39, 0.29) is 11.7 Å². The highest BCUT2D eigenvalue weighted by molar-refractivity contribution is 7.99. The van der Waals surface area contributed by atoms with Gasteiger partial charge in [0.15, 0.2) is 5.82 Å². The highest BCUT2D eigenvalue weighted by Gasteiger charge is 2.21. The van der Waals surface area contributed by atoms with Gasteiger partial charge in [-0.05, 0) is 36.9 Å². The second-order valence-electron chi connectivity index (χ2n) is 5.64. The van der Waals surface area contributed by atoms with Crippen LogP contribution in [0.5, 0.6) is 0 Å². The Morgan fingerprint density at radius 2 is 1.88 bits per heavy atom. The van der Waals surface area contributed by atoms with Crippen LogP contribution in [0.15, 0.2) is 59.6 Å². The minimum absolute atomic E-state index is 0.276. The molecule has 26 heavy (non-hydrogen) atoms. The Bertz CT molecular complexity index is 956. The number of hydrogen-bond acceptors (Lipinski definition) is 4. The fraction of sp³-hybridized carbons (Fsp3) is 0.150. The molecule has 1 heterocycles. The molecule has 130 valence electrons. The molecule has 0 bridgehead atoms. The van der Waals surface area contributed by atoms with E-state index in [1.165, 1.54) is 11.8 Å². The molecular formula is C20H18N4OS. The maximum atomic E-state index is 12.5. The van der Waals surface area contributed by atoms with Gasteiger partial charge in [0.1, 0.15) is 16.7 Å². The monoisotopic (exact) mass is 362 g/mol. The number of para-hydroxylation sites is 1. The van der Waals surface area contributed by atoms with Crippen molar-refractivity contribution in [3.63, 3.8) is 0 Å². The molecule has 2 aromatic carbocycles. The Hall–Kier alpha value is -3.04. The summed E-state index contributed by atoms with van der Waals surface area (Å²) in [4.78, 5) is 12.5. The number of nitrogens with one attached hydrogen (secondary N) is 1. The number of thioether (sulfide) groups is 1. The van der Waals surface area contributed by atoms with E-state index in [0.29, 0.717) is 11.1 Å².